The fourth-order valence-electron chi connectivity index (χ4n) is 5.32. The van der Waals surface area contributed by atoms with Gasteiger partial charge >= 0.3 is 8.80 Å². The third-order valence-corrected chi connectivity index (χ3v) is 12.0. The van der Waals surface area contributed by atoms with Gasteiger partial charge in [0.25, 0.3) is 0 Å². The number of thioether (sulfide) groups is 1. The quantitative estimate of drug-likeness (QED) is 0.0584. The van der Waals surface area contributed by atoms with Crippen LogP contribution in [0.4, 0.5) is 0 Å². The van der Waals surface area contributed by atoms with Gasteiger partial charge in [-0.1, -0.05) is 141 Å². The van der Waals surface area contributed by atoms with Gasteiger partial charge in [-0.25, -0.2) is 0 Å². The van der Waals surface area contributed by atoms with Gasteiger partial charge in [-0.05, 0) is 40.2 Å². The lowest BCUT2D eigenvalue weighted by atomic mass is 10.0. The molecule has 0 spiro atoms. The van der Waals surface area contributed by atoms with E-state index in [1.807, 2.05) is 20.9 Å². The van der Waals surface area contributed by atoms with Crippen molar-refractivity contribution in [3.8, 4) is 0 Å². The summed E-state index contributed by atoms with van der Waals surface area (Å²) in [6.07, 6.45) is 27.9. The van der Waals surface area contributed by atoms with E-state index >= 15 is 0 Å². The maximum atomic E-state index is 12.4. The van der Waals surface area contributed by atoms with Crippen LogP contribution in [-0.4, -0.2) is 52.6 Å². The van der Waals surface area contributed by atoms with Crippen LogP contribution in [0, 0.1) is 0 Å². The molecule has 0 heterocycles. The Labute approximate surface area is 262 Å². The van der Waals surface area contributed by atoms with Gasteiger partial charge < -0.3 is 18.6 Å². The van der Waals surface area contributed by atoms with Gasteiger partial charge in [0.15, 0.2) is 5.12 Å². The maximum absolute atomic E-state index is 12.4. The lowest BCUT2D eigenvalue weighted by molar-refractivity contribution is -0.111. The lowest BCUT2D eigenvalue weighted by Gasteiger charge is -2.30. The van der Waals surface area contributed by atoms with E-state index in [4.69, 9.17) is 13.3 Å². The first kappa shape index (κ1) is 41.1. The van der Waals surface area contributed by atoms with E-state index in [0.29, 0.717) is 37.4 Å². The minimum absolute atomic E-state index is 0.323. The predicted molar refractivity (Wildman–Crippen MR) is 183 cm³/mol. The molecule has 0 bridgehead atoms. The predicted octanol–water partition coefficient (Wildman–Crippen LogP) is 10.5. The molecule has 5 nitrogen and oxygen atoms in total. The number of carbonyl (C=O) groups excluding carboxylic acids is 1. The highest BCUT2D eigenvalue weighted by Crippen LogP contribution is 2.22. The molecule has 0 rings (SSSR count). The van der Waals surface area contributed by atoms with Crippen molar-refractivity contribution < 1.29 is 18.1 Å². The molecular formula is C34H71NO4SSi. The Bertz CT molecular complexity index is 549. The van der Waals surface area contributed by atoms with E-state index in [0.717, 1.165) is 31.1 Å². The van der Waals surface area contributed by atoms with Gasteiger partial charge in [-0.3, -0.25) is 4.79 Å². The van der Waals surface area contributed by atoms with E-state index in [-0.39, 0.29) is 0 Å². The Morgan fingerprint density at radius 3 is 1.56 bits per heavy atom. The van der Waals surface area contributed by atoms with E-state index in [2.05, 4.69) is 19.2 Å². The molecule has 1 unspecified atom stereocenters. The van der Waals surface area contributed by atoms with Crippen LogP contribution >= 0.6 is 11.8 Å². The van der Waals surface area contributed by atoms with Crippen molar-refractivity contribution in [2.24, 2.45) is 0 Å². The topological polar surface area (TPSA) is 56.8 Å². The fraction of sp³-hybridized carbons (Fsp3) is 0.971. The standard InChI is InChI=1S/C34H71NO4SSi/c1-6-10-12-14-16-18-20-21-23-25-28-33(35-5)32-39-41(37-8-3,38-9-4)31-27-30-40-34(36)29-26-24-22-19-17-15-13-11-7-2/h33,35H,6-32H2,1-5H3. The average molecular weight is 618 g/mol. The third kappa shape index (κ3) is 26.2. The van der Waals surface area contributed by atoms with Crippen LogP contribution in [0.25, 0.3) is 0 Å². The third-order valence-electron chi connectivity index (χ3n) is 7.92. The first-order valence-electron chi connectivity index (χ1n) is 17.8. The zero-order valence-corrected chi connectivity index (χ0v) is 30.0. The first-order chi connectivity index (χ1) is 20.1. The smallest absolute Gasteiger partial charge is 0.374 e. The number of likely N-dealkylation sites (N-methyl/N-ethyl adjacent to an activating group) is 1. The normalized spacial score (nSPS) is 12.7. The number of rotatable bonds is 33. The number of hydrogen-bond acceptors (Lipinski definition) is 6. The number of carbonyl (C=O) groups is 1. The molecule has 0 aromatic carbocycles. The molecule has 246 valence electrons. The Kier molecular flexibility index (Phi) is 31.6. The molecule has 0 radical (unpaired) electrons. The van der Waals surface area contributed by atoms with Crippen LogP contribution in [0.1, 0.15) is 169 Å². The van der Waals surface area contributed by atoms with Gasteiger partial charge in [0, 0.05) is 37.5 Å². The highest BCUT2D eigenvalue weighted by molar-refractivity contribution is 8.13. The molecule has 0 aromatic rings. The summed E-state index contributed by atoms with van der Waals surface area (Å²) in [5, 5.41) is 3.79. The molecule has 1 atom stereocenters. The van der Waals surface area contributed by atoms with Gasteiger partial charge in [0.05, 0.1) is 6.61 Å². The molecule has 0 aliphatic heterocycles. The summed E-state index contributed by atoms with van der Waals surface area (Å²) in [5.74, 6) is 0.822. The van der Waals surface area contributed by atoms with Crippen molar-refractivity contribution in [1.29, 1.82) is 0 Å². The summed E-state index contributed by atoms with van der Waals surface area (Å²) in [6.45, 7) is 10.4. The SMILES string of the molecule is CCCCCCCCCCCCC(CO[Si](CCCSC(=O)CCCCCCCCCCC)(OCC)OCC)NC. The summed E-state index contributed by atoms with van der Waals surface area (Å²) in [6, 6.07) is 1.10. The van der Waals surface area contributed by atoms with Crippen molar-refractivity contribution in [2.75, 3.05) is 32.6 Å². The van der Waals surface area contributed by atoms with Crippen LogP contribution in [0.15, 0.2) is 0 Å². The highest BCUT2D eigenvalue weighted by Gasteiger charge is 2.40. The largest absolute Gasteiger partial charge is 0.501 e. The molecule has 1 N–H and O–H groups in total. The Balaban J connectivity index is 4.20. The van der Waals surface area contributed by atoms with Gasteiger partial charge in [0.2, 0.25) is 0 Å². The molecule has 0 amide bonds. The van der Waals surface area contributed by atoms with Crippen LogP contribution in [-0.2, 0) is 18.1 Å². The monoisotopic (exact) mass is 617 g/mol. The van der Waals surface area contributed by atoms with Gasteiger partial charge in [-0.15, -0.1) is 0 Å². The highest BCUT2D eigenvalue weighted by atomic mass is 32.2. The van der Waals surface area contributed by atoms with Crippen molar-refractivity contribution in [3.63, 3.8) is 0 Å². The summed E-state index contributed by atoms with van der Waals surface area (Å²) < 4.78 is 18.8. The van der Waals surface area contributed by atoms with E-state index in [1.54, 1.807) is 0 Å². The van der Waals surface area contributed by atoms with Crippen molar-refractivity contribution >= 4 is 25.7 Å². The minimum atomic E-state index is -2.74. The van der Waals surface area contributed by atoms with E-state index in [9.17, 15) is 4.79 Å². The maximum Gasteiger partial charge on any atom is 0.501 e. The summed E-state index contributed by atoms with van der Waals surface area (Å²) >= 11 is 1.49. The first-order valence-corrected chi connectivity index (χ1v) is 20.7. The zero-order valence-electron chi connectivity index (χ0n) is 28.2. The van der Waals surface area contributed by atoms with E-state index < -0.39 is 8.80 Å². The molecule has 0 aliphatic carbocycles. The summed E-state index contributed by atoms with van der Waals surface area (Å²) in [4.78, 5) is 12.4. The van der Waals surface area contributed by atoms with Crippen LogP contribution in [0.3, 0.4) is 0 Å². The Morgan fingerprint density at radius 1 is 0.634 bits per heavy atom. The fourth-order valence-corrected chi connectivity index (χ4v) is 9.01. The van der Waals surface area contributed by atoms with Crippen LogP contribution in [0.5, 0.6) is 0 Å². The number of hydrogen-bond donors (Lipinski definition) is 1. The number of nitrogens with one attached hydrogen (secondary N) is 1. The molecule has 0 fully saturated rings. The second-order valence-corrected chi connectivity index (χ2v) is 15.6. The zero-order chi connectivity index (χ0) is 30.3. The summed E-state index contributed by atoms with van der Waals surface area (Å²) in [7, 11) is -0.711. The molecule has 7 heteroatoms. The molecule has 41 heavy (non-hydrogen) atoms. The average Bonchev–Trinajstić information content (AvgIpc) is 2.97. The molecule has 0 saturated carbocycles. The Morgan fingerprint density at radius 2 is 1.10 bits per heavy atom. The molecule has 0 aromatic heterocycles. The van der Waals surface area contributed by atoms with Crippen molar-refractivity contribution in [1.82, 2.24) is 5.32 Å². The second kappa shape index (κ2) is 31.5. The van der Waals surface area contributed by atoms with Gasteiger partial charge in [0.1, 0.15) is 0 Å². The summed E-state index contributed by atoms with van der Waals surface area (Å²) in [5.41, 5.74) is 0. The molecular weight excluding hydrogens is 547 g/mol. The molecule has 0 aliphatic rings. The van der Waals surface area contributed by atoms with Crippen molar-refractivity contribution in [3.05, 3.63) is 0 Å². The van der Waals surface area contributed by atoms with Crippen molar-refractivity contribution in [2.45, 2.75) is 181 Å². The van der Waals surface area contributed by atoms with Gasteiger partial charge in [-0.2, -0.15) is 0 Å². The van der Waals surface area contributed by atoms with Crippen LogP contribution < -0.4 is 5.32 Å². The minimum Gasteiger partial charge on any atom is -0.374 e. The molecule has 0 saturated heterocycles. The van der Waals surface area contributed by atoms with E-state index in [1.165, 1.54) is 127 Å². The second-order valence-electron chi connectivity index (χ2n) is 11.7. The number of unbranched alkanes of at least 4 members (excludes halogenated alkanes) is 17. The Hall–Kier alpha value is 0.0769. The lowest BCUT2D eigenvalue weighted by Crippen LogP contribution is -2.48. The van der Waals surface area contributed by atoms with Crippen LogP contribution in [0.2, 0.25) is 6.04 Å².